The molecule has 0 aliphatic rings. The molecule has 0 aromatic heterocycles. The maximum Gasteiger partial charge on any atom is 0.326 e. The van der Waals surface area contributed by atoms with Crippen molar-refractivity contribution in [2.45, 2.75) is 19.4 Å². The molecule has 0 saturated heterocycles. The number of carboxylic acids is 1. The third-order valence-corrected chi connectivity index (χ3v) is 2.81. The molecule has 0 fully saturated rings. The molecule has 0 radical (unpaired) electrons. The largest absolute Gasteiger partial charge is 0.480 e. The number of aliphatic carboxylic acids is 1. The number of carbonyl (C=O) groups is 3. The monoisotopic (exact) mass is 262 g/mol. The van der Waals surface area contributed by atoms with E-state index < -0.39 is 17.9 Å². The predicted molar refractivity (Wildman–Crippen MR) is 65.9 cm³/mol. The molecule has 0 saturated carbocycles. The van der Waals surface area contributed by atoms with Gasteiger partial charge in [-0.1, -0.05) is 0 Å². The van der Waals surface area contributed by atoms with Crippen molar-refractivity contribution in [2.24, 2.45) is 0 Å². The number of nitrogens with one attached hydrogen (secondary N) is 1. The fourth-order valence-electron chi connectivity index (χ4n) is 1.06. The van der Waals surface area contributed by atoms with Crippen LogP contribution in [0.15, 0.2) is 0 Å². The summed E-state index contributed by atoms with van der Waals surface area (Å²) in [5.41, 5.74) is 0. The second-order valence-corrected chi connectivity index (χ2v) is 4.60. The first kappa shape index (κ1) is 15.8. The molecule has 0 heterocycles. The van der Waals surface area contributed by atoms with Crippen molar-refractivity contribution in [3.05, 3.63) is 0 Å². The van der Waals surface area contributed by atoms with E-state index in [4.69, 9.17) is 5.11 Å². The Bertz CT molecular complexity index is 296. The molecule has 6 nitrogen and oxygen atoms in total. The van der Waals surface area contributed by atoms with E-state index >= 15 is 0 Å². The van der Waals surface area contributed by atoms with Crippen LogP contribution in [0.1, 0.15) is 13.3 Å². The highest BCUT2D eigenvalue weighted by Crippen LogP contribution is 2.01. The zero-order chi connectivity index (χ0) is 13.4. The van der Waals surface area contributed by atoms with E-state index in [1.807, 2.05) is 6.26 Å². The third-order valence-electron chi connectivity index (χ3n) is 2.16. The highest BCUT2D eigenvalue weighted by atomic mass is 32.2. The zero-order valence-electron chi connectivity index (χ0n) is 10.2. The van der Waals surface area contributed by atoms with E-state index in [1.54, 1.807) is 0 Å². The number of carbonyl (C=O) groups excluding carboxylic acids is 2. The number of likely N-dealkylation sites (N-methyl/N-ethyl adjacent to an activating group) is 1. The van der Waals surface area contributed by atoms with Crippen molar-refractivity contribution in [3.8, 4) is 0 Å². The van der Waals surface area contributed by atoms with Crippen LogP contribution in [0, 0.1) is 0 Å². The quantitative estimate of drug-likeness (QED) is 0.663. The Hall–Kier alpha value is -1.24. The van der Waals surface area contributed by atoms with E-state index in [9.17, 15) is 14.4 Å². The number of carboxylic acid groups (broad SMARTS) is 1. The molecule has 0 aliphatic carbocycles. The van der Waals surface area contributed by atoms with Crippen LogP contribution in [0.3, 0.4) is 0 Å². The summed E-state index contributed by atoms with van der Waals surface area (Å²) < 4.78 is 0. The number of amides is 2. The molecular weight excluding hydrogens is 244 g/mol. The maximum absolute atomic E-state index is 11.5. The summed E-state index contributed by atoms with van der Waals surface area (Å²) >= 11 is 1.51. The van der Waals surface area contributed by atoms with Gasteiger partial charge in [-0.3, -0.25) is 9.59 Å². The average molecular weight is 262 g/mol. The molecule has 0 spiro atoms. The van der Waals surface area contributed by atoms with Crippen LogP contribution < -0.4 is 5.32 Å². The van der Waals surface area contributed by atoms with Crippen LogP contribution in [0.2, 0.25) is 0 Å². The van der Waals surface area contributed by atoms with Crippen molar-refractivity contribution >= 4 is 29.5 Å². The smallest absolute Gasteiger partial charge is 0.326 e. The van der Waals surface area contributed by atoms with Crippen molar-refractivity contribution in [1.82, 2.24) is 10.2 Å². The minimum atomic E-state index is -1.06. The Balaban J connectivity index is 4.21. The minimum absolute atomic E-state index is 0.127. The highest BCUT2D eigenvalue weighted by Gasteiger charge is 2.20. The molecule has 0 aromatic carbocycles. The zero-order valence-corrected chi connectivity index (χ0v) is 11.0. The van der Waals surface area contributed by atoms with Gasteiger partial charge in [0.25, 0.3) is 0 Å². The lowest BCUT2D eigenvalue weighted by Crippen LogP contribution is -2.45. The molecule has 2 amide bonds. The van der Waals surface area contributed by atoms with E-state index in [1.165, 1.54) is 30.6 Å². The summed E-state index contributed by atoms with van der Waals surface area (Å²) in [4.78, 5) is 34.4. The van der Waals surface area contributed by atoms with Crippen molar-refractivity contribution < 1.29 is 19.5 Å². The lowest BCUT2D eigenvalue weighted by molar-refractivity contribution is -0.142. The van der Waals surface area contributed by atoms with Gasteiger partial charge in [0.05, 0.1) is 6.54 Å². The molecular formula is C10H18N2O4S. The lowest BCUT2D eigenvalue weighted by atomic mass is 10.2. The highest BCUT2D eigenvalue weighted by molar-refractivity contribution is 7.98. The molecule has 0 aromatic rings. The van der Waals surface area contributed by atoms with Gasteiger partial charge in [-0.25, -0.2) is 4.79 Å². The molecule has 0 aliphatic heterocycles. The average Bonchev–Trinajstić information content (AvgIpc) is 2.23. The van der Waals surface area contributed by atoms with Gasteiger partial charge in [-0.15, -0.1) is 0 Å². The molecule has 17 heavy (non-hydrogen) atoms. The van der Waals surface area contributed by atoms with Crippen LogP contribution in [-0.4, -0.2) is 59.4 Å². The van der Waals surface area contributed by atoms with E-state index in [0.717, 1.165) is 0 Å². The van der Waals surface area contributed by atoms with E-state index in [0.29, 0.717) is 12.2 Å². The van der Waals surface area contributed by atoms with Crippen molar-refractivity contribution in [1.29, 1.82) is 0 Å². The van der Waals surface area contributed by atoms with Crippen LogP contribution in [0.25, 0.3) is 0 Å². The Kier molecular flexibility index (Phi) is 7.36. The van der Waals surface area contributed by atoms with Crippen molar-refractivity contribution in [2.75, 3.05) is 25.6 Å². The fraction of sp³-hybridized carbons (Fsp3) is 0.700. The number of hydrogen-bond donors (Lipinski definition) is 2. The molecule has 0 rings (SSSR count). The van der Waals surface area contributed by atoms with E-state index in [2.05, 4.69) is 5.32 Å². The summed E-state index contributed by atoms with van der Waals surface area (Å²) in [6, 6.07) is -0.893. The SMILES string of the molecule is CSCC[C@H](NC(=O)CN(C)C(C)=O)C(=O)O. The third kappa shape index (κ3) is 6.83. The Morgan fingerprint density at radius 1 is 1.41 bits per heavy atom. The number of nitrogens with zero attached hydrogens (tertiary/aromatic N) is 1. The van der Waals surface area contributed by atoms with Gasteiger partial charge in [-0.2, -0.15) is 11.8 Å². The van der Waals surface area contributed by atoms with Gasteiger partial charge in [0.15, 0.2) is 0 Å². The molecule has 98 valence electrons. The van der Waals surface area contributed by atoms with Gasteiger partial charge < -0.3 is 15.3 Å². The number of rotatable bonds is 7. The molecule has 0 unspecified atom stereocenters. The van der Waals surface area contributed by atoms with Crippen LogP contribution in [0.4, 0.5) is 0 Å². The topological polar surface area (TPSA) is 86.7 Å². The number of hydrogen-bond acceptors (Lipinski definition) is 4. The normalized spacial score (nSPS) is 11.7. The lowest BCUT2D eigenvalue weighted by Gasteiger charge is -2.17. The second kappa shape index (κ2) is 7.94. The van der Waals surface area contributed by atoms with Crippen LogP contribution in [0.5, 0.6) is 0 Å². The van der Waals surface area contributed by atoms with Crippen LogP contribution >= 0.6 is 11.8 Å². The van der Waals surface area contributed by atoms with Crippen LogP contribution in [-0.2, 0) is 14.4 Å². The van der Waals surface area contributed by atoms with Gasteiger partial charge in [0.2, 0.25) is 11.8 Å². The van der Waals surface area contributed by atoms with Gasteiger partial charge in [0.1, 0.15) is 6.04 Å². The first-order chi connectivity index (χ1) is 7.88. The molecule has 0 bridgehead atoms. The first-order valence-electron chi connectivity index (χ1n) is 5.11. The molecule has 1 atom stereocenters. The Morgan fingerprint density at radius 3 is 2.41 bits per heavy atom. The van der Waals surface area contributed by atoms with E-state index in [-0.39, 0.29) is 12.5 Å². The Labute approximate surface area is 105 Å². The van der Waals surface area contributed by atoms with Gasteiger partial charge in [0, 0.05) is 14.0 Å². The molecule has 2 N–H and O–H groups in total. The summed E-state index contributed by atoms with van der Waals surface area (Å²) in [5.74, 6) is -1.11. The van der Waals surface area contributed by atoms with Crippen molar-refractivity contribution in [3.63, 3.8) is 0 Å². The minimum Gasteiger partial charge on any atom is -0.480 e. The first-order valence-corrected chi connectivity index (χ1v) is 6.50. The maximum atomic E-state index is 11.5. The summed E-state index contributed by atoms with van der Waals surface area (Å²) in [5, 5.41) is 11.3. The summed E-state index contributed by atoms with van der Waals surface area (Å²) in [7, 11) is 1.49. The second-order valence-electron chi connectivity index (χ2n) is 3.61. The fourth-order valence-corrected chi connectivity index (χ4v) is 1.53. The standard InChI is InChI=1S/C10H18N2O4S/c1-7(13)12(2)6-9(14)11-8(10(15)16)4-5-17-3/h8H,4-6H2,1-3H3,(H,11,14)(H,15,16)/t8-/m0/s1. The number of thioether (sulfide) groups is 1. The molecule has 7 heteroatoms. The summed E-state index contributed by atoms with van der Waals surface area (Å²) in [6.45, 7) is 1.22. The Morgan fingerprint density at radius 2 is 2.00 bits per heavy atom. The van der Waals surface area contributed by atoms with Gasteiger partial charge in [-0.05, 0) is 18.4 Å². The van der Waals surface area contributed by atoms with Gasteiger partial charge >= 0.3 is 5.97 Å². The summed E-state index contributed by atoms with van der Waals surface area (Å²) in [6.07, 6.45) is 2.23. The predicted octanol–water partition coefficient (Wildman–Crippen LogP) is -0.213.